The molecule has 0 unspecified atom stereocenters. The summed E-state index contributed by atoms with van der Waals surface area (Å²) in [5, 5.41) is 13.2. The second-order valence-corrected chi connectivity index (χ2v) is 11.2. The fraction of sp³-hybridized carbons (Fsp3) is 0.0909. The van der Waals surface area contributed by atoms with Gasteiger partial charge in [-0.1, -0.05) is 47.5 Å². The van der Waals surface area contributed by atoms with E-state index in [1.54, 1.807) is 49.4 Å². The number of ether oxygens (including phenoxy) is 2. The van der Waals surface area contributed by atoms with Crippen molar-refractivity contribution in [3.8, 4) is 22.8 Å². The van der Waals surface area contributed by atoms with Crippen LogP contribution in [0.15, 0.2) is 95.4 Å². The van der Waals surface area contributed by atoms with Crippen LogP contribution in [0.2, 0.25) is 10.0 Å². The summed E-state index contributed by atoms with van der Waals surface area (Å²) >= 11 is 13.8. The standard InChI is InChI=1S/C33H26Cl2FN5O4S/c1-2-44-29-16-20(15-25(35)31(29)45-18-30(42)39-27-6-4-3-5-26(27)36)17-37-41-32(43)22-9-7-21(8-10-22)28-19-46-33(40-28)38-24-13-11-23(34)12-14-24/h3-17,19H,2,18H2,1H3,(H,38,40)(H,39,42)(H,41,43)/b37-17-. The molecule has 0 bridgehead atoms. The molecule has 5 rings (SSSR count). The van der Waals surface area contributed by atoms with Crippen LogP contribution in [0.25, 0.3) is 11.3 Å². The molecule has 0 saturated heterocycles. The van der Waals surface area contributed by atoms with Crippen LogP contribution in [0.1, 0.15) is 22.8 Å². The Kier molecular flexibility index (Phi) is 10.8. The molecule has 46 heavy (non-hydrogen) atoms. The van der Waals surface area contributed by atoms with Gasteiger partial charge in [0.2, 0.25) is 0 Å². The number of hydrogen-bond donors (Lipinski definition) is 3. The third-order valence-corrected chi connectivity index (χ3v) is 7.54. The third kappa shape index (κ3) is 8.60. The first-order valence-corrected chi connectivity index (χ1v) is 15.5. The van der Waals surface area contributed by atoms with Gasteiger partial charge in [-0.05, 0) is 73.2 Å². The molecule has 234 valence electrons. The first-order chi connectivity index (χ1) is 22.3. The van der Waals surface area contributed by atoms with Crippen molar-refractivity contribution in [1.82, 2.24) is 10.4 Å². The predicted octanol–water partition coefficient (Wildman–Crippen LogP) is 8.18. The van der Waals surface area contributed by atoms with E-state index >= 15 is 0 Å². The van der Waals surface area contributed by atoms with Crippen LogP contribution < -0.4 is 25.5 Å². The Labute approximate surface area is 278 Å². The lowest BCUT2D eigenvalue weighted by Crippen LogP contribution is -2.21. The average molecular weight is 679 g/mol. The Hall–Kier alpha value is -4.97. The quantitative estimate of drug-likeness (QED) is 0.0906. The molecule has 3 N–H and O–H groups in total. The van der Waals surface area contributed by atoms with Gasteiger partial charge in [0.15, 0.2) is 23.2 Å². The Balaban J connectivity index is 1.17. The Bertz CT molecular complexity index is 1870. The minimum absolute atomic E-state index is 0.0357. The second-order valence-electron chi connectivity index (χ2n) is 9.53. The summed E-state index contributed by atoms with van der Waals surface area (Å²) in [4.78, 5) is 29.6. The zero-order valence-corrected chi connectivity index (χ0v) is 26.5. The zero-order chi connectivity index (χ0) is 32.5. The van der Waals surface area contributed by atoms with Crippen LogP contribution in [0.5, 0.6) is 11.5 Å². The minimum Gasteiger partial charge on any atom is -0.490 e. The number of para-hydroxylation sites is 1. The second kappa shape index (κ2) is 15.3. The maximum Gasteiger partial charge on any atom is 0.271 e. The van der Waals surface area contributed by atoms with Crippen LogP contribution in [0, 0.1) is 5.82 Å². The van der Waals surface area contributed by atoms with E-state index < -0.39 is 24.2 Å². The fourth-order valence-corrected chi connectivity index (χ4v) is 5.23. The lowest BCUT2D eigenvalue weighted by atomic mass is 10.1. The van der Waals surface area contributed by atoms with Crippen molar-refractivity contribution in [2.75, 3.05) is 23.8 Å². The summed E-state index contributed by atoms with van der Waals surface area (Å²) in [5.41, 5.74) is 5.94. The number of amides is 2. The topological polar surface area (TPSA) is 114 Å². The molecule has 0 fully saturated rings. The molecule has 1 heterocycles. The first-order valence-electron chi connectivity index (χ1n) is 13.8. The number of hydrazone groups is 1. The van der Waals surface area contributed by atoms with Crippen LogP contribution in [0.3, 0.4) is 0 Å². The lowest BCUT2D eigenvalue weighted by molar-refractivity contribution is -0.118. The van der Waals surface area contributed by atoms with Crippen molar-refractivity contribution in [3.63, 3.8) is 0 Å². The molecule has 0 aliphatic heterocycles. The molecule has 0 aliphatic carbocycles. The number of halogens is 3. The molecule has 0 atom stereocenters. The molecule has 0 radical (unpaired) electrons. The van der Waals surface area contributed by atoms with E-state index in [-0.39, 0.29) is 22.2 Å². The van der Waals surface area contributed by atoms with Gasteiger partial charge >= 0.3 is 0 Å². The summed E-state index contributed by atoms with van der Waals surface area (Å²) in [6.45, 7) is 1.64. The Morgan fingerprint density at radius 3 is 2.50 bits per heavy atom. The number of aromatic nitrogens is 1. The van der Waals surface area contributed by atoms with Crippen LogP contribution in [0.4, 0.5) is 20.9 Å². The number of nitrogens with one attached hydrogen (secondary N) is 3. The van der Waals surface area contributed by atoms with Crippen molar-refractivity contribution in [1.29, 1.82) is 0 Å². The van der Waals surface area contributed by atoms with Crippen molar-refractivity contribution < 1.29 is 23.5 Å². The zero-order valence-electron chi connectivity index (χ0n) is 24.2. The largest absolute Gasteiger partial charge is 0.490 e. The van der Waals surface area contributed by atoms with Crippen LogP contribution >= 0.6 is 34.5 Å². The van der Waals surface area contributed by atoms with Crippen molar-refractivity contribution in [3.05, 3.63) is 117 Å². The smallest absolute Gasteiger partial charge is 0.271 e. The molecule has 1 aromatic heterocycles. The maximum atomic E-state index is 13.8. The lowest BCUT2D eigenvalue weighted by Gasteiger charge is -2.14. The summed E-state index contributed by atoms with van der Waals surface area (Å²) < 4.78 is 25.1. The third-order valence-electron chi connectivity index (χ3n) is 6.25. The summed E-state index contributed by atoms with van der Waals surface area (Å²) in [6, 6.07) is 23.3. The van der Waals surface area contributed by atoms with Gasteiger partial charge in [-0.15, -0.1) is 11.3 Å². The predicted molar refractivity (Wildman–Crippen MR) is 180 cm³/mol. The van der Waals surface area contributed by atoms with E-state index in [1.165, 1.54) is 35.8 Å². The van der Waals surface area contributed by atoms with Gasteiger partial charge < -0.3 is 20.1 Å². The summed E-state index contributed by atoms with van der Waals surface area (Å²) in [6.07, 6.45) is 1.40. The fourth-order valence-electron chi connectivity index (χ4n) is 4.09. The number of hydrogen-bond acceptors (Lipinski definition) is 8. The Morgan fingerprint density at radius 1 is 1.00 bits per heavy atom. The highest BCUT2D eigenvalue weighted by atomic mass is 35.5. The van der Waals surface area contributed by atoms with Gasteiger partial charge in [-0.25, -0.2) is 14.8 Å². The number of anilines is 3. The Morgan fingerprint density at radius 2 is 1.76 bits per heavy atom. The van der Waals surface area contributed by atoms with E-state index in [4.69, 9.17) is 32.7 Å². The van der Waals surface area contributed by atoms with Crippen molar-refractivity contribution >= 4 is 69.1 Å². The molecule has 13 heteroatoms. The van der Waals surface area contributed by atoms with Crippen LogP contribution in [-0.2, 0) is 4.79 Å². The van der Waals surface area contributed by atoms with Gasteiger partial charge in [0.25, 0.3) is 11.8 Å². The van der Waals surface area contributed by atoms with E-state index in [9.17, 15) is 14.0 Å². The molecule has 0 spiro atoms. The monoisotopic (exact) mass is 677 g/mol. The number of thiazole rings is 1. The number of nitrogens with zero attached hydrogens (tertiary/aromatic N) is 2. The molecule has 0 saturated carbocycles. The molecular formula is C33H26Cl2FN5O4S. The molecular weight excluding hydrogens is 652 g/mol. The minimum atomic E-state index is -0.576. The maximum absolute atomic E-state index is 13.8. The van der Waals surface area contributed by atoms with Gasteiger partial charge in [-0.2, -0.15) is 5.10 Å². The van der Waals surface area contributed by atoms with Crippen molar-refractivity contribution in [2.24, 2.45) is 5.10 Å². The highest BCUT2D eigenvalue weighted by molar-refractivity contribution is 7.14. The number of carbonyl (C=O) groups is 2. The van der Waals surface area contributed by atoms with Crippen molar-refractivity contribution in [2.45, 2.75) is 6.92 Å². The highest BCUT2D eigenvalue weighted by Gasteiger charge is 2.15. The molecule has 9 nitrogen and oxygen atoms in total. The van der Waals surface area contributed by atoms with Gasteiger partial charge in [0.1, 0.15) is 5.82 Å². The van der Waals surface area contributed by atoms with E-state index in [1.807, 2.05) is 29.6 Å². The van der Waals surface area contributed by atoms with Gasteiger partial charge in [0.05, 0.1) is 29.2 Å². The van der Waals surface area contributed by atoms with E-state index in [0.717, 1.165) is 22.1 Å². The summed E-state index contributed by atoms with van der Waals surface area (Å²) in [5.74, 6) is -1.15. The van der Waals surface area contributed by atoms with E-state index in [0.29, 0.717) is 22.8 Å². The molecule has 4 aromatic carbocycles. The van der Waals surface area contributed by atoms with Crippen LogP contribution in [-0.4, -0.2) is 36.2 Å². The SMILES string of the molecule is CCOc1cc(/C=N\NC(=O)c2ccc(-c3csc(Nc4ccc(Cl)cc4)n3)cc2)cc(Cl)c1OCC(=O)Nc1ccccc1F. The first kappa shape index (κ1) is 32.4. The normalized spacial score (nSPS) is 10.9. The average Bonchev–Trinajstić information content (AvgIpc) is 3.51. The number of benzene rings is 4. The highest BCUT2D eigenvalue weighted by Crippen LogP contribution is 2.36. The molecule has 2 amide bonds. The molecule has 0 aliphatic rings. The number of rotatable bonds is 12. The van der Waals surface area contributed by atoms with Gasteiger partial charge in [-0.3, -0.25) is 9.59 Å². The van der Waals surface area contributed by atoms with E-state index in [2.05, 4.69) is 26.1 Å². The number of carbonyl (C=O) groups excluding carboxylic acids is 2. The summed E-state index contributed by atoms with van der Waals surface area (Å²) in [7, 11) is 0. The molecule has 5 aromatic rings. The van der Waals surface area contributed by atoms with Gasteiger partial charge in [0, 0.05) is 27.2 Å².